The first kappa shape index (κ1) is 43.8. The Kier molecular flexibility index (Phi) is 16.3. The molecule has 3 aromatic rings. The zero-order chi connectivity index (χ0) is 40.8. The summed E-state index contributed by atoms with van der Waals surface area (Å²) in [4.78, 5) is 59.1. The van der Waals surface area contributed by atoms with Crippen LogP contribution < -0.4 is 15.4 Å². The van der Waals surface area contributed by atoms with Gasteiger partial charge in [-0.15, -0.1) is 0 Å². The normalized spacial score (nSPS) is 15.8. The topological polar surface area (TPSA) is 147 Å². The van der Waals surface area contributed by atoms with Gasteiger partial charge in [-0.05, 0) is 74.8 Å². The molecule has 0 spiro atoms. The lowest BCUT2D eigenvalue weighted by molar-refractivity contribution is -0.149. The van der Waals surface area contributed by atoms with E-state index in [1.165, 1.54) is 4.90 Å². The van der Waals surface area contributed by atoms with Gasteiger partial charge in [-0.25, -0.2) is 4.79 Å². The molecule has 3 N–H and O–H groups in total. The van der Waals surface area contributed by atoms with Crippen molar-refractivity contribution in [2.24, 2.45) is 11.8 Å². The predicted octanol–water partition coefficient (Wildman–Crippen LogP) is 4.81. The number of aliphatic hydroxyl groups is 1. The highest BCUT2D eigenvalue weighted by Crippen LogP contribution is 2.23. The minimum Gasteiger partial charge on any atom is -0.497 e. The van der Waals surface area contributed by atoms with Gasteiger partial charge in [-0.1, -0.05) is 86.6 Å². The van der Waals surface area contributed by atoms with E-state index in [1.54, 1.807) is 52.0 Å². The van der Waals surface area contributed by atoms with E-state index >= 15 is 0 Å². The van der Waals surface area contributed by atoms with Crippen molar-refractivity contribution in [2.45, 2.75) is 90.1 Å². The summed E-state index contributed by atoms with van der Waals surface area (Å²) in [6.45, 7) is 10.7. The molecule has 0 unspecified atom stereocenters. The SMILES string of the molecule is COc1ccc(C[C@H](C[C@H](O)[C@H](Cc2ccccc2)NC(=O)OC(C)(C)C)C(=O)N[C@H](C(=O)N(C)[C@@H](Cc2ccccc2)C(=O)N2CCOCC2)C(C)C)cc1. The maximum atomic E-state index is 14.5. The Morgan fingerprint density at radius 2 is 1.38 bits per heavy atom. The zero-order valence-electron chi connectivity index (χ0n) is 33.9. The molecule has 304 valence electrons. The number of hydrogen-bond acceptors (Lipinski definition) is 8. The van der Waals surface area contributed by atoms with E-state index in [4.69, 9.17) is 14.2 Å². The molecule has 0 aromatic heterocycles. The van der Waals surface area contributed by atoms with Crippen LogP contribution in [0.5, 0.6) is 5.75 Å². The molecular weight excluding hydrogens is 713 g/mol. The van der Waals surface area contributed by atoms with Crippen LogP contribution in [0.1, 0.15) is 57.7 Å². The number of carbonyl (C=O) groups is 4. The van der Waals surface area contributed by atoms with Gasteiger partial charge < -0.3 is 39.8 Å². The Balaban J connectivity index is 1.61. The molecule has 1 aliphatic rings. The molecule has 5 atom stereocenters. The van der Waals surface area contributed by atoms with Crippen LogP contribution in [0.3, 0.4) is 0 Å². The predicted molar refractivity (Wildman–Crippen MR) is 215 cm³/mol. The number of nitrogens with zero attached hydrogens (tertiary/aromatic N) is 2. The fourth-order valence-corrected chi connectivity index (χ4v) is 6.77. The van der Waals surface area contributed by atoms with Gasteiger partial charge in [0.05, 0.1) is 32.5 Å². The molecule has 4 amide bonds. The van der Waals surface area contributed by atoms with Gasteiger partial charge in [0.25, 0.3) is 0 Å². The number of aliphatic hydroxyl groups excluding tert-OH is 1. The second-order valence-electron chi connectivity index (χ2n) is 15.8. The van der Waals surface area contributed by atoms with E-state index in [0.717, 1.165) is 16.7 Å². The van der Waals surface area contributed by atoms with Crippen molar-refractivity contribution in [1.29, 1.82) is 0 Å². The quantitative estimate of drug-likeness (QED) is 0.177. The van der Waals surface area contributed by atoms with Gasteiger partial charge >= 0.3 is 6.09 Å². The van der Waals surface area contributed by atoms with Crippen molar-refractivity contribution >= 4 is 23.8 Å². The van der Waals surface area contributed by atoms with Gasteiger partial charge in [0, 0.05) is 32.5 Å². The second kappa shape index (κ2) is 20.8. The molecule has 1 heterocycles. The summed E-state index contributed by atoms with van der Waals surface area (Å²) >= 11 is 0. The van der Waals surface area contributed by atoms with Crippen LogP contribution >= 0.6 is 0 Å². The molecule has 3 aromatic carbocycles. The van der Waals surface area contributed by atoms with Gasteiger partial charge in [0.15, 0.2) is 0 Å². The molecule has 12 heteroatoms. The molecule has 12 nitrogen and oxygen atoms in total. The Bertz CT molecular complexity index is 1690. The number of benzene rings is 3. The summed E-state index contributed by atoms with van der Waals surface area (Å²) in [5.74, 6) is -1.50. The van der Waals surface area contributed by atoms with Gasteiger partial charge in [-0.2, -0.15) is 0 Å². The summed E-state index contributed by atoms with van der Waals surface area (Å²) in [7, 11) is 3.19. The number of carbonyl (C=O) groups excluding carboxylic acids is 4. The largest absolute Gasteiger partial charge is 0.497 e. The number of nitrogens with one attached hydrogen (secondary N) is 2. The van der Waals surface area contributed by atoms with Crippen LogP contribution in [0.25, 0.3) is 0 Å². The molecule has 1 aliphatic heterocycles. The lowest BCUT2D eigenvalue weighted by atomic mass is 9.88. The van der Waals surface area contributed by atoms with Crippen LogP contribution in [0.4, 0.5) is 4.79 Å². The van der Waals surface area contributed by atoms with Crippen molar-refractivity contribution in [3.05, 3.63) is 102 Å². The highest BCUT2D eigenvalue weighted by Gasteiger charge is 2.38. The number of amides is 4. The zero-order valence-corrected chi connectivity index (χ0v) is 33.9. The lowest BCUT2D eigenvalue weighted by Gasteiger charge is -2.37. The van der Waals surface area contributed by atoms with E-state index in [0.29, 0.717) is 38.5 Å². The second-order valence-corrected chi connectivity index (χ2v) is 15.8. The van der Waals surface area contributed by atoms with Gasteiger partial charge in [-0.3, -0.25) is 14.4 Å². The van der Waals surface area contributed by atoms with Gasteiger partial charge in [0.1, 0.15) is 23.4 Å². The average molecular weight is 773 g/mol. The lowest BCUT2D eigenvalue weighted by Crippen LogP contribution is -2.58. The summed E-state index contributed by atoms with van der Waals surface area (Å²) < 4.78 is 16.4. The highest BCUT2D eigenvalue weighted by molar-refractivity contribution is 5.93. The van der Waals surface area contributed by atoms with Crippen LogP contribution in [-0.2, 0) is 43.1 Å². The third-order valence-corrected chi connectivity index (χ3v) is 9.93. The number of morpholine rings is 1. The molecule has 1 saturated heterocycles. The molecule has 0 bridgehead atoms. The third-order valence-electron chi connectivity index (χ3n) is 9.93. The van der Waals surface area contributed by atoms with E-state index < -0.39 is 53.7 Å². The summed E-state index contributed by atoms with van der Waals surface area (Å²) in [5.41, 5.74) is 1.85. The Hall–Kier alpha value is -4.94. The van der Waals surface area contributed by atoms with E-state index in [-0.39, 0.29) is 31.1 Å². The van der Waals surface area contributed by atoms with E-state index in [2.05, 4.69) is 10.6 Å². The highest BCUT2D eigenvalue weighted by atomic mass is 16.6. The first-order valence-electron chi connectivity index (χ1n) is 19.5. The number of alkyl carbamates (subject to hydrolysis) is 1. The minimum absolute atomic E-state index is 0.0356. The Morgan fingerprint density at radius 1 is 0.821 bits per heavy atom. The van der Waals surface area contributed by atoms with Crippen LogP contribution in [0, 0.1) is 11.8 Å². The standard InChI is InChI=1S/C44H60N4O8/c1-30(2)39(42(52)47(6)37(28-32-16-12-9-13-17-32)41(51)48-22-24-55-25-23-48)46-40(50)34(26-33-18-20-35(54-7)21-19-33)29-38(49)36(27-31-14-10-8-11-15-31)45-43(53)56-44(3,4)5/h8-21,30,34,36-39,49H,22-29H2,1-7H3,(H,45,53)(H,46,50)/t34-,36+,37+,38+,39+/m1/s1. The Morgan fingerprint density at radius 3 is 1.91 bits per heavy atom. The monoisotopic (exact) mass is 772 g/mol. The average Bonchev–Trinajstić information content (AvgIpc) is 3.18. The number of ether oxygens (including phenoxy) is 3. The first-order chi connectivity index (χ1) is 26.6. The molecular formula is C44H60N4O8. The van der Waals surface area contributed by atoms with Gasteiger partial charge in [0.2, 0.25) is 17.7 Å². The maximum Gasteiger partial charge on any atom is 0.407 e. The van der Waals surface area contributed by atoms with Crippen molar-refractivity contribution in [3.8, 4) is 5.75 Å². The number of hydrogen-bond donors (Lipinski definition) is 3. The first-order valence-corrected chi connectivity index (χ1v) is 19.5. The third kappa shape index (κ3) is 13.4. The smallest absolute Gasteiger partial charge is 0.407 e. The number of methoxy groups -OCH3 is 1. The number of rotatable bonds is 17. The summed E-state index contributed by atoms with van der Waals surface area (Å²) in [6.07, 6.45) is -1.06. The fourth-order valence-electron chi connectivity index (χ4n) is 6.77. The Labute approximate surface area is 331 Å². The fraction of sp³-hybridized carbons (Fsp3) is 0.500. The van der Waals surface area contributed by atoms with Crippen molar-refractivity contribution in [3.63, 3.8) is 0 Å². The molecule has 0 aliphatic carbocycles. The number of likely N-dealkylation sites (N-methyl/N-ethyl adjacent to an activating group) is 1. The van der Waals surface area contributed by atoms with Crippen LogP contribution in [0.2, 0.25) is 0 Å². The maximum absolute atomic E-state index is 14.5. The van der Waals surface area contributed by atoms with Crippen molar-refractivity contribution in [1.82, 2.24) is 20.4 Å². The van der Waals surface area contributed by atoms with Crippen LogP contribution in [-0.4, -0.2) is 109 Å². The summed E-state index contributed by atoms with van der Waals surface area (Å²) in [5, 5.41) is 17.7. The molecule has 0 radical (unpaired) electrons. The van der Waals surface area contributed by atoms with Crippen LogP contribution in [0.15, 0.2) is 84.9 Å². The minimum atomic E-state index is -1.17. The molecule has 4 rings (SSSR count). The van der Waals surface area contributed by atoms with E-state index in [9.17, 15) is 24.3 Å². The molecule has 0 saturated carbocycles. The molecule has 1 fully saturated rings. The van der Waals surface area contributed by atoms with Crippen molar-refractivity contribution < 1.29 is 38.5 Å². The van der Waals surface area contributed by atoms with Crippen molar-refractivity contribution in [2.75, 3.05) is 40.5 Å². The summed E-state index contributed by atoms with van der Waals surface area (Å²) in [6, 6.07) is 23.8. The molecule has 56 heavy (non-hydrogen) atoms. The van der Waals surface area contributed by atoms with E-state index in [1.807, 2.05) is 86.6 Å².